The van der Waals surface area contributed by atoms with Gasteiger partial charge in [0.05, 0.1) is 10.9 Å². The van der Waals surface area contributed by atoms with Gasteiger partial charge in [0.2, 0.25) is 5.43 Å². The van der Waals surface area contributed by atoms with Crippen LogP contribution in [0.5, 0.6) is 11.5 Å². The van der Waals surface area contributed by atoms with E-state index in [-0.39, 0.29) is 5.58 Å². The van der Waals surface area contributed by atoms with Crippen molar-refractivity contribution in [2.45, 2.75) is 6.92 Å². The highest BCUT2D eigenvalue weighted by atomic mass is 16.4. The van der Waals surface area contributed by atoms with Crippen LogP contribution in [-0.4, -0.2) is 32.2 Å². The minimum atomic E-state index is -1.67. The van der Waals surface area contributed by atoms with Gasteiger partial charge < -0.3 is 24.8 Å². The number of phenols is 2. The number of carbonyl (C=O) groups excluding carboxylic acids is 1. The third-order valence-electron chi connectivity index (χ3n) is 2.85. The second-order valence-corrected chi connectivity index (χ2v) is 4.42. The number of phenolic OH excluding ortho intramolecular Hbond substituents is 1. The third kappa shape index (κ3) is 2.37. The van der Waals surface area contributed by atoms with Crippen LogP contribution < -0.4 is 5.43 Å². The number of hydrogen-bond donors (Lipinski definition) is 4. The fourth-order valence-electron chi connectivity index (χ4n) is 1.92. The summed E-state index contributed by atoms with van der Waals surface area (Å²) in [5.74, 6) is -4.68. The molecule has 0 saturated heterocycles. The first-order valence-electron chi connectivity index (χ1n) is 5.89. The Labute approximate surface area is 122 Å². The Morgan fingerprint density at radius 3 is 2.41 bits per heavy atom. The Balaban J connectivity index is 2.95. The fourth-order valence-corrected chi connectivity index (χ4v) is 1.92. The largest absolute Gasteiger partial charge is 0.507 e. The second kappa shape index (κ2) is 5.24. The molecule has 0 amide bonds. The lowest BCUT2D eigenvalue weighted by molar-refractivity contribution is -0.112. The number of hydrogen-bond acceptors (Lipinski definition) is 7. The molecule has 0 bridgehead atoms. The highest BCUT2D eigenvalue weighted by Crippen LogP contribution is 2.34. The minimum absolute atomic E-state index is 0.294. The van der Waals surface area contributed by atoms with E-state index < -0.39 is 51.0 Å². The summed E-state index contributed by atoms with van der Waals surface area (Å²) in [6.07, 6.45) is 1.58. The maximum atomic E-state index is 12.3. The van der Waals surface area contributed by atoms with Gasteiger partial charge in [-0.25, -0.2) is 4.79 Å². The zero-order valence-corrected chi connectivity index (χ0v) is 11.2. The molecule has 0 aliphatic heterocycles. The third-order valence-corrected chi connectivity index (χ3v) is 2.85. The Morgan fingerprint density at radius 1 is 1.23 bits per heavy atom. The predicted molar refractivity (Wildman–Crippen MR) is 74.1 cm³/mol. The molecule has 114 valence electrons. The van der Waals surface area contributed by atoms with Crippen LogP contribution in [0.3, 0.4) is 0 Å². The van der Waals surface area contributed by atoms with E-state index in [0.717, 1.165) is 25.3 Å². The molecule has 0 fully saturated rings. The lowest BCUT2D eigenvalue weighted by atomic mass is 10.0. The van der Waals surface area contributed by atoms with Gasteiger partial charge in [0.25, 0.3) is 0 Å². The van der Waals surface area contributed by atoms with Crippen molar-refractivity contribution in [1.82, 2.24) is 0 Å². The maximum absolute atomic E-state index is 12.3. The second-order valence-electron chi connectivity index (χ2n) is 4.42. The van der Waals surface area contributed by atoms with E-state index in [2.05, 4.69) is 0 Å². The predicted octanol–water partition coefficient (Wildman–Crippen LogP) is 1.39. The van der Waals surface area contributed by atoms with E-state index in [1.807, 2.05) is 0 Å². The minimum Gasteiger partial charge on any atom is -0.507 e. The number of aliphatic hydroxyl groups is 1. The van der Waals surface area contributed by atoms with Crippen LogP contribution in [0, 0.1) is 0 Å². The number of carbonyl (C=O) groups is 2. The lowest BCUT2D eigenvalue weighted by Crippen LogP contribution is -2.13. The molecule has 1 aromatic carbocycles. The molecule has 0 aliphatic rings. The van der Waals surface area contributed by atoms with E-state index in [9.17, 15) is 29.7 Å². The van der Waals surface area contributed by atoms with Crippen molar-refractivity contribution in [3.05, 3.63) is 39.8 Å². The number of aliphatic hydroxyl groups excluding tert-OH is 1. The zero-order chi connectivity index (χ0) is 16.6. The monoisotopic (exact) mass is 306 g/mol. The molecule has 22 heavy (non-hydrogen) atoms. The Bertz CT molecular complexity index is 888. The fraction of sp³-hybridized carbons (Fsp3) is 0.0714. The van der Waals surface area contributed by atoms with Crippen LogP contribution >= 0.6 is 0 Å². The van der Waals surface area contributed by atoms with E-state index in [4.69, 9.17) is 9.52 Å². The van der Waals surface area contributed by atoms with Gasteiger partial charge in [0.15, 0.2) is 17.3 Å². The zero-order valence-electron chi connectivity index (χ0n) is 11.2. The normalized spacial score (nSPS) is 11.6. The van der Waals surface area contributed by atoms with Crippen molar-refractivity contribution >= 4 is 28.5 Å². The van der Waals surface area contributed by atoms with Gasteiger partial charge in [-0.05, 0) is 6.92 Å². The van der Waals surface area contributed by atoms with E-state index in [1.54, 1.807) is 0 Å². The number of fused-ring (bicyclic) bond motifs is 1. The number of ketones is 1. The number of rotatable bonds is 3. The summed E-state index contributed by atoms with van der Waals surface area (Å²) in [5.41, 5.74) is -2.57. The van der Waals surface area contributed by atoms with Crippen molar-refractivity contribution in [3.63, 3.8) is 0 Å². The van der Waals surface area contributed by atoms with Gasteiger partial charge in [-0.3, -0.25) is 9.59 Å². The molecule has 0 unspecified atom stereocenters. The van der Waals surface area contributed by atoms with Gasteiger partial charge in [0.1, 0.15) is 23.2 Å². The van der Waals surface area contributed by atoms with Gasteiger partial charge in [-0.1, -0.05) is 0 Å². The first-order valence-corrected chi connectivity index (χ1v) is 5.89. The molecule has 2 rings (SSSR count). The molecule has 0 saturated carbocycles. The molecule has 4 N–H and O–H groups in total. The Kier molecular flexibility index (Phi) is 3.60. The van der Waals surface area contributed by atoms with E-state index in [0.29, 0.717) is 0 Å². The first kappa shape index (κ1) is 15.1. The molecule has 0 atom stereocenters. The summed E-state index contributed by atoms with van der Waals surface area (Å²) >= 11 is 0. The summed E-state index contributed by atoms with van der Waals surface area (Å²) < 4.78 is 5.01. The van der Waals surface area contributed by atoms with Crippen LogP contribution in [0.15, 0.2) is 27.6 Å². The van der Waals surface area contributed by atoms with Crippen LogP contribution in [0.1, 0.15) is 22.8 Å². The summed E-state index contributed by atoms with van der Waals surface area (Å²) in [6.45, 7) is 1.14. The highest BCUT2D eigenvalue weighted by Gasteiger charge is 2.24. The van der Waals surface area contributed by atoms with Crippen LogP contribution in [0.2, 0.25) is 0 Å². The summed E-state index contributed by atoms with van der Waals surface area (Å²) in [4.78, 5) is 34.5. The standard InChI is InChI=1S/C14H10O8/c1-5(15)2-7(16)6-4-22-9-3-8(17)13(19)11(14(20)21)10(9)12(6)18/h2-4,16-17,19H,1H3,(H,20,21)/b7-2-. The number of carboxylic acid groups (broad SMARTS) is 1. The average Bonchev–Trinajstić information content (AvgIpc) is 2.39. The van der Waals surface area contributed by atoms with Crippen molar-refractivity contribution in [2.24, 2.45) is 0 Å². The highest BCUT2D eigenvalue weighted by molar-refractivity contribution is 6.06. The molecule has 0 aliphatic carbocycles. The summed E-state index contributed by atoms with van der Waals surface area (Å²) in [7, 11) is 0. The molecule has 2 aromatic rings. The topological polar surface area (TPSA) is 145 Å². The van der Waals surface area contributed by atoms with Crippen molar-refractivity contribution in [2.75, 3.05) is 0 Å². The van der Waals surface area contributed by atoms with Crippen molar-refractivity contribution in [3.8, 4) is 11.5 Å². The van der Waals surface area contributed by atoms with Gasteiger partial charge >= 0.3 is 5.97 Å². The SMILES string of the molecule is CC(=O)/C=C(\O)c1coc2cc(O)c(O)c(C(=O)O)c2c1=O. The number of aromatic carboxylic acids is 1. The lowest BCUT2D eigenvalue weighted by Gasteiger charge is -2.07. The van der Waals surface area contributed by atoms with Crippen molar-refractivity contribution in [1.29, 1.82) is 0 Å². The van der Waals surface area contributed by atoms with Crippen LogP contribution in [0.25, 0.3) is 16.7 Å². The number of allylic oxidation sites excluding steroid dienone is 1. The van der Waals surface area contributed by atoms with E-state index >= 15 is 0 Å². The molecular weight excluding hydrogens is 296 g/mol. The smallest absolute Gasteiger partial charge is 0.340 e. The van der Waals surface area contributed by atoms with Gasteiger partial charge in [-0.2, -0.15) is 0 Å². The Morgan fingerprint density at radius 2 is 1.86 bits per heavy atom. The molecule has 8 heteroatoms. The molecule has 8 nitrogen and oxygen atoms in total. The number of benzene rings is 1. The quantitative estimate of drug-likeness (QED) is 0.378. The molecule has 0 radical (unpaired) electrons. The maximum Gasteiger partial charge on any atom is 0.340 e. The molecule has 1 heterocycles. The molecule has 1 aromatic heterocycles. The molecule has 0 spiro atoms. The van der Waals surface area contributed by atoms with Crippen LogP contribution in [0.4, 0.5) is 0 Å². The molecular formula is C14H10O8. The summed E-state index contributed by atoms with van der Waals surface area (Å²) in [5, 5.41) is 37.3. The van der Waals surface area contributed by atoms with Gasteiger partial charge in [0, 0.05) is 12.1 Å². The summed E-state index contributed by atoms with van der Waals surface area (Å²) in [6, 6.07) is 0.869. The number of carboxylic acids is 1. The van der Waals surface area contributed by atoms with Crippen molar-refractivity contribution < 1.29 is 34.4 Å². The first-order chi connectivity index (χ1) is 10.2. The Hall–Kier alpha value is -3.29. The van der Waals surface area contributed by atoms with Crippen LogP contribution in [-0.2, 0) is 4.79 Å². The van der Waals surface area contributed by atoms with Gasteiger partial charge in [-0.15, -0.1) is 0 Å². The average molecular weight is 306 g/mol. The number of aromatic hydroxyl groups is 2. The van der Waals surface area contributed by atoms with E-state index in [1.165, 1.54) is 0 Å².